The SMILES string of the molecule is Cc1nc(C)nc(-c2ccc3c4ccccc4n(-c4c(-c5cc(-c6ccccc6)nc(-c6ccccc6)n5)cc(C(F)(F)F)cc4-c4cc(-c5ccccc5)nc(-c5ccccc5)n4)c3c2)n1. The number of halogens is 3. The first-order valence-corrected chi connectivity index (χ1v) is 21.6. The second-order valence-electron chi connectivity index (χ2n) is 16.1. The molecule has 0 unspecified atom stereocenters. The highest BCUT2D eigenvalue weighted by atomic mass is 19.4. The average Bonchev–Trinajstić information content (AvgIpc) is 3.69. The smallest absolute Gasteiger partial charge is 0.308 e. The lowest BCUT2D eigenvalue weighted by Gasteiger charge is -2.22. The van der Waals surface area contributed by atoms with Crippen molar-refractivity contribution >= 4 is 21.8 Å². The summed E-state index contributed by atoms with van der Waals surface area (Å²) in [5.41, 5.74) is 6.74. The van der Waals surface area contributed by atoms with Crippen LogP contribution in [0, 0.1) is 13.8 Å². The molecule has 322 valence electrons. The molecule has 4 heterocycles. The minimum Gasteiger partial charge on any atom is -0.308 e. The van der Waals surface area contributed by atoms with Crippen LogP contribution in [0.15, 0.2) is 188 Å². The second-order valence-corrected chi connectivity index (χ2v) is 16.1. The summed E-state index contributed by atoms with van der Waals surface area (Å²) in [6.45, 7) is 3.64. The second kappa shape index (κ2) is 16.7. The highest BCUT2D eigenvalue weighted by molar-refractivity contribution is 6.11. The molecule has 0 atom stereocenters. The monoisotopic (exact) mass is 878 g/mol. The molecule has 0 aliphatic rings. The lowest BCUT2D eigenvalue weighted by Crippen LogP contribution is -2.10. The van der Waals surface area contributed by atoms with E-state index in [0.29, 0.717) is 68.4 Å². The first-order valence-electron chi connectivity index (χ1n) is 21.6. The normalized spacial score (nSPS) is 11.7. The van der Waals surface area contributed by atoms with Gasteiger partial charge in [0.25, 0.3) is 0 Å². The van der Waals surface area contributed by atoms with E-state index in [1.165, 1.54) is 12.1 Å². The quantitative estimate of drug-likeness (QED) is 0.150. The van der Waals surface area contributed by atoms with E-state index in [1.807, 2.05) is 182 Å². The fraction of sp³-hybridized carbons (Fsp3) is 0.0536. The van der Waals surface area contributed by atoms with Gasteiger partial charge in [0, 0.05) is 49.7 Å². The molecule has 0 fully saturated rings. The molecule has 11 aromatic rings. The summed E-state index contributed by atoms with van der Waals surface area (Å²) >= 11 is 0. The Morgan fingerprint density at radius 2 is 0.776 bits per heavy atom. The van der Waals surface area contributed by atoms with Crippen molar-refractivity contribution in [3.8, 4) is 84.9 Å². The van der Waals surface area contributed by atoms with E-state index in [4.69, 9.17) is 29.9 Å². The highest BCUT2D eigenvalue weighted by Crippen LogP contribution is 2.46. The Morgan fingerprint density at radius 3 is 1.27 bits per heavy atom. The molecule has 0 saturated carbocycles. The molecule has 4 aromatic heterocycles. The van der Waals surface area contributed by atoms with Crippen molar-refractivity contribution in [1.29, 1.82) is 0 Å². The fourth-order valence-corrected chi connectivity index (χ4v) is 8.64. The van der Waals surface area contributed by atoms with E-state index in [9.17, 15) is 0 Å². The number of aryl methyl sites for hydroxylation is 2. The van der Waals surface area contributed by atoms with Crippen molar-refractivity contribution in [1.82, 2.24) is 39.5 Å². The van der Waals surface area contributed by atoms with E-state index in [1.54, 1.807) is 12.1 Å². The molecule has 11 heteroatoms. The van der Waals surface area contributed by atoms with Gasteiger partial charge >= 0.3 is 6.18 Å². The van der Waals surface area contributed by atoms with E-state index >= 15 is 13.2 Å². The van der Waals surface area contributed by atoms with Gasteiger partial charge in [-0.3, -0.25) is 0 Å². The van der Waals surface area contributed by atoms with E-state index < -0.39 is 11.7 Å². The van der Waals surface area contributed by atoms with Crippen LogP contribution in [0.1, 0.15) is 17.2 Å². The number of alkyl halides is 3. The van der Waals surface area contributed by atoms with Crippen molar-refractivity contribution in [2.24, 2.45) is 0 Å². The molecule has 0 radical (unpaired) electrons. The summed E-state index contributed by atoms with van der Waals surface area (Å²) in [5, 5.41) is 1.76. The summed E-state index contributed by atoms with van der Waals surface area (Å²) in [5.74, 6) is 2.31. The number of hydrogen-bond donors (Lipinski definition) is 0. The molecule has 67 heavy (non-hydrogen) atoms. The van der Waals surface area contributed by atoms with Crippen LogP contribution < -0.4 is 0 Å². The Bertz CT molecular complexity index is 3350. The number of fused-ring (bicyclic) bond motifs is 3. The predicted octanol–water partition coefficient (Wildman–Crippen LogP) is 13.9. The zero-order valence-corrected chi connectivity index (χ0v) is 36.1. The van der Waals surface area contributed by atoms with Gasteiger partial charge in [-0.1, -0.05) is 152 Å². The largest absolute Gasteiger partial charge is 0.416 e. The van der Waals surface area contributed by atoms with Gasteiger partial charge in [0.2, 0.25) is 0 Å². The lowest BCUT2D eigenvalue weighted by molar-refractivity contribution is -0.137. The van der Waals surface area contributed by atoms with Crippen molar-refractivity contribution in [2.75, 3.05) is 0 Å². The molecule has 7 aromatic carbocycles. The van der Waals surface area contributed by atoms with Gasteiger partial charge in [0.15, 0.2) is 17.5 Å². The van der Waals surface area contributed by atoms with Crippen LogP contribution in [0.3, 0.4) is 0 Å². The molecule has 0 aliphatic carbocycles. The molecule has 11 rings (SSSR count). The topological polar surface area (TPSA) is 95.2 Å². The zero-order chi connectivity index (χ0) is 45.6. The van der Waals surface area contributed by atoms with Gasteiger partial charge < -0.3 is 4.57 Å². The van der Waals surface area contributed by atoms with Crippen molar-refractivity contribution in [3.05, 3.63) is 205 Å². The Morgan fingerprint density at radius 1 is 0.358 bits per heavy atom. The highest BCUT2D eigenvalue weighted by Gasteiger charge is 2.35. The summed E-state index contributed by atoms with van der Waals surface area (Å²) in [7, 11) is 0. The first kappa shape index (κ1) is 41.0. The molecular formula is C56H37F3N8. The van der Waals surface area contributed by atoms with E-state index in [2.05, 4.69) is 4.98 Å². The molecule has 0 bridgehead atoms. The number of para-hydroxylation sites is 1. The zero-order valence-electron chi connectivity index (χ0n) is 36.1. The average molecular weight is 879 g/mol. The van der Waals surface area contributed by atoms with Gasteiger partial charge in [-0.2, -0.15) is 13.2 Å². The van der Waals surface area contributed by atoms with Crippen LogP contribution in [-0.2, 0) is 6.18 Å². The van der Waals surface area contributed by atoms with Crippen LogP contribution in [0.2, 0.25) is 0 Å². The maximum Gasteiger partial charge on any atom is 0.416 e. The minimum absolute atomic E-state index is 0.211. The Hall–Kier alpha value is -8.70. The van der Waals surface area contributed by atoms with Crippen LogP contribution in [0.25, 0.3) is 107 Å². The first-order chi connectivity index (χ1) is 32.6. The third-order valence-electron chi connectivity index (χ3n) is 11.7. The maximum absolute atomic E-state index is 15.8. The molecule has 0 saturated heterocycles. The molecule has 8 nitrogen and oxygen atoms in total. The fourth-order valence-electron chi connectivity index (χ4n) is 8.64. The van der Waals surface area contributed by atoms with Crippen LogP contribution in [-0.4, -0.2) is 39.5 Å². The van der Waals surface area contributed by atoms with Gasteiger partial charge in [0.1, 0.15) is 11.6 Å². The van der Waals surface area contributed by atoms with Gasteiger partial charge in [-0.25, -0.2) is 34.9 Å². The lowest BCUT2D eigenvalue weighted by atomic mass is 9.95. The van der Waals surface area contributed by atoms with E-state index in [-0.39, 0.29) is 22.5 Å². The van der Waals surface area contributed by atoms with Crippen molar-refractivity contribution < 1.29 is 13.2 Å². The number of aromatic nitrogens is 8. The standard InChI is InChI=1S/C56H37F3N8/c1-34-60-35(2)62-55(61-34)40-27-28-43-42-25-15-16-26-50(42)67(51(43)29-40)52-44(48-32-46(36-17-7-3-8-18-36)63-53(65-48)38-21-11-5-12-22-38)30-41(56(57,58)59)31-45(52)49-33-47(37-19-9-4-10-20-37)64-54(66-49)39-23-13-6-14-24-39/h3-33H,1-2H3. The maximum atomic E-state index is 15.8. The molecule has 0 aliphatic heterocycles. The number of hydrogen-bond acceptors (Lipinski definition) is 7. The molecule has 0 amide bonds. The number of nitrogens with zero attached hydrogens (tertiary/aromatic N) is 8. The van der Waals surface area contributed by atoms with Gasteiger partial charge in [0.05, 0.1) is 45.1 Å². The van der Waals surface area contributed by atoms with Crippen LogP contribution in [0.5, 0.6) is 0 Å². The Kier molecular flexibility index (Phi) is 10.2. The minimum atomic E-state index is -4.78. The Balaban J connectivity index is 1.32. The Labute approximate surface area is 383 Å². The third kappa shape index (κ3) is 7.86. The third-order valence-corrected chi connectivity index (χ3v) is 11.7. The van der Waals surface area contributed by atoms with Crippen molar-refractivity contribution in [3.63, 3.8) is 0 Å². The van der Waals surface area contributed by atoms with Crippen LogP contribution >= 0.6 is 0 Å². The number of rotatable bonds is 8. The van der Waals surface area contributed by atoms with E-state index in [0.717, 1.165) is 27.4 Å². The summed E-state index contributed by atoms with van der Waals surface area (Å²) in [6, 6.07) is 57.8. The van der Waals surface area contributed by atoms with Crippen LogP contribution in [0.4, 0.5) is 13.2 Å². The molecule has 0 N–H and O–H groups in total. The van der Waals surface area contributed by atoms with Crippen molar-refractivity contribution in [2.45, 2.75) is 20.0 Å². The molecular weight excluding hydrogens is 842 g/mol. The summed E-state index contributed by atoms with van der Waals surface area (Å²) < 4.78 is 49.3. The summed E-state index contributed by atoms with van der Waals surface area (Å²) in [4.78, 5) is 34.1. The summed E-state index contributed by atoms with van der Waals surface area (Å²) in [6.07, 6.45) is -4.78. The molecule has 0 spiro atoms. The van der Waals surface area contributed by atoms with Gasteiger partial charge in [-0.05, 0) is 50.2 Å². The predicted molar refractivity (Wildman–Crippen MR) is 258 cm³/mol. The van der Waals surface area contributed by atoms with Gasteiger partial charge in [-0.15, -0.1) is 0 Å². The number of benzene rings is 7.